The molecular formula is C26H27NO5. The Bertz CT molecular complexity index is 1100. The van der Waals surface area contributed by atoms with Crippen LogP contribution in [0.25, 0.3) is 0 Å². The van der Waals surface area contributed by atoms with Gasteiger partial charge in [0.25, 0.3) is 0 Å². The van der Waals surface area contributed by atoms with Crippen LogP contribution in [-0.4, -0.2) is 26.0 Å². The zero-order chi connectivity index (χ0) is 22.7. The number of allylic oxidation sites excluding steroid dienone is 3. The molecule has 0 spiro atoms. The molecule has 1 aliphatic heterocycles. The van der Waals surface area contributed by atoms with E-state index in [0.717, 1.165) is 29.7 Å². The van der Waals surface area contributed by atoms with Gasteiger partial charge in [0.05, 0.1) is 19.8 Å². The number of rotatable bonds is 6. The molecule has 0 saturated carbocycles. The van der Waals surface area contributed by atoms with E-state index in [1.807, 2.05) is 55.5 Å². The number of benzene rings is 2. The minimum Gasteiger partial charge on any atom is -0.493 e. The number of esters is 1. The Morgan fingerprint density at radius 3 is 2.56 bits per heavy atom. The summed E-state index contributed by atoms with van der Waals surface area (Å²) in [7, 11) is 2.93. The number of ketones is 1. The van der Waals surface area contributed by atoms with Crippen LogP contribution in [0.5, 0.6) is 11.5 Å². The topological polar surface area (TPSA) is 73.9 Å². The summed E-state index contributed by atoms with van der Waals surface area (Å²) in [5, 5.41) is 3.27. The normalized spacial score (nSPS) is 18.1. The number of dihydropyridines is 1. The molecule has 6 heteroatoms. The second-order valence-corrected chi connectivity index (χ2v) is 7.94. The Labute approximate surface area is 187 Å². The molecule has 2 aromatic rings. The zero-order valence-corrected chi connectivity index (χ0v) is 18.6. The van der Waals surface area contributed by atoms with Crippen LogP contribution < -0.4 is 14.8 Å². The van der Waals surface area contributed by atoms with Crippen LogP contribution in [0.1, 0.15) is 43.2 Å². The number of nitrogens with one attached hydrogen (secondary N) is 1. The molecule has 0 fully saturated rings. The number of hydrogen-bond acceptors (Lipinski definition) is 6. The number of hydrogen-bond donors (Lipinski definition) is 1. The average molecular weight is 434 g/mol. The van der Waals surface area contributed by atoms with Crippen molar-refractivity contribution in [3.8, 4) is 11.5 Å². The molecule has 1 heterocycles. The van der Waals surface area contributed by atoms with Crippen molar-refractivity contribution in [1.82, 2.24) is 5.32 Å². The number of Topliss-reactive ketones (excluding diaryl/α,β-unsaturated/α-hetero) is 1. The number of carbonyl (C=O) groups excluding carboxylic acids is 2. The van der Waals surface area contributed by atoms with Crippen LogP contribution in [0.4, 0.5) is 0 Å². The van der Waals surface area contributed by atoms with E-state index in [9.17, 15) is 9.59 Å². The Kier molecular flexibility index (Phi) is 6.30. The molecule has 0 aromatic heterocycles. The molecule has 0 saturated heterocycles. The maximum atomic E-state index is 12.9. The van der Waals surface area contributed by atoms with Crippen molar-refractivity contribution in [2.45, 2.75) is 38.7 Å². The smallest absolute Gasteiger partial charge is 0.336 e. The molecule has 4 rings (SSSR count). The summed E-state index contributed by atoms with van der Waals surface area (Å²) in [5.41, 5.74) is 4.52. The summed E-state index contributed by atoms with van der Waals surface area (Å²) in [5.74, 6) is 0.237. The van der Waals surface area contributed by atoms with Crippen molar-refractivity contribution >= 4 is 11.8 Å². The molecule has 2 aliphatic rings. The first kappa shape index (κ1) is 21.7. The average Bonchev–Trinajstić information content (AvgIpc) is 2.82. The van der Waals surface area contributed by atoms with Crippen molar-refractivity contribution < 1.29 is 23.8 Å². The van der Waals surface area contributed by atoms with Crippen LogP contribution in [0.2, 0.25) is 0 Å². The molecule has 6 nitrogen and oxygen atoms in total. The molecule has 32 heavy (non-hydrogen) atoms. The Balaban J connectivity index is 1.73. The van der Waals surface area contributed by atoms with Crippen LogP contribution >= 0.6 is 0 Å². The van der Waals surface area contributed by atoms with Gasteiger partial charge in [-0.3, -0.25) is 4.79 Å². The molecule has 2 aromatic carbocycles. The van der Waals surface area contributed by atoms with Crippen molar-refractivity contribution in [2.75, 3.05) is 14.2 Å². The van der Waals surface area contributed by atoms with Gasteiger partial charge in [-0.1, -0.05) is 36.4 Å². The fourth-order valence-electron chi connectivity index (χ4n) is 4.42. The van der Waals surface area contributed by atoms with Crippen molar-refractivity contribution in [1.29, 1.82) is 0 Å². The molecule has 0 bridgehead atoms. The standard InChI is InChI=1S/C26H27NO5/c1-16-23(26(29)31-3)24(25-19(27-16)10-7-11-20(25)28)18-12-13-21(22(14-18)30-2)32-15-17-8-5-4-6-9-17/h4-6,8-9,12-14,24,27H,7,10-11,15H2,1-3H3. The maximum Gasteiger partial charge on any atom is 0.336 e. The highest BCUT2D eigenvalue weighted by molar-refractivity contribution is 6.03. The number of carbonyl (C=O) groups is 2. The highest BCUT2D eigenvalue weighted by atomic mass is 16.5. The second-order valence-electron chi connectivity index (χ2n) is 7.94. The first-order valence-corrected chi connectivity index (χ1v) is 10.7. The number of ether oxygens (including phenoxy) is 3. The third-order valence-electron chi connectivity index (χ3n) is 5.94. The van der Waals surface area contributed by atoms with E-state index in [-0.39, 0.29) is 5.78 Å². The van der Waals surface area contributed by atoms with Gasteiger partial charge in [-0.25, -0.2) is 4.79 Å². The third-order valence-corrected chi connectivity index (χ3v) is 5.94. The van der Waals surface area contributed by atoms with Crippen LogP contribution in [0.15, 0.2) is 71.1 Å². The lowest BCUT2D eigenvalue weighted by Gasteiger charge is -2.34. The molecule has 1 N–H and O–H groups in total. The molecule has 166 valence electrons. The Morgan fingerprint density at radius 1 is 1.06 bits per heavy atom. The fourth-order valence-corrected chi connectivity index (χ4v) is 4.42. The molecule has 1 aliphatic carbocycles. The van der Waals surface area contributed by atoms with E-state index >= 15 is 0 Å². The van der Waals surface area contributed by atoms with Gasteiger partial charge in [0.1, 0.15) is 6.61 Å². The molecular weight excluding hydrogens is 406 g/mol. The first-order chi connectivity index (χ1) is 15.5. The molecule has 0 radical (unpaired) electrons. The molecule has 0 amide bonds. The van der Waals surface area contributed by atoms with Gasteiger partial charge in [0, 0.05) is 29.3 Å². The van der Waals surface area contributed by atoms with Gasteiger partial charge in [0.2, 0.25) is 0 Å². The first-order valence-electron chi connectivity index (χ1n) is 10.7. The van der Waals surface area contributed by atoms with Crippen LogP contribution in [-0.2, 0) is 20.9 Å². The second kappa shape index (κ2) is 9.30. The SMILES string of the molecule is COC(=O)C1=C(C)NC2=C(C(=O)CCC2)C1c1ccc(OCc2ccccc2)c(OC)c1. The Hall–Kier alpha value is -3.54. The zero-order valence-electron chi connectivity index (χ0n) is 18.6. The van der Waals surface area contributed by atoms with Gasteiger partial charge in [-0.2, -0.15) is 0 Å². The van der Waals surface area contributed by atoms with Gasteiger partial charge in [0.15, 0.2) is 17.3 Å². The lowest BCUT2D eigenvalue weighted by atomic mass is 9.75. The monoisotopic (exact) mass is 433 g/mol. The predicted molar refractivity (Wildman–Crippen MR) is 120 cm³/mol. The van der Waals surface area contributed by atoms with Crippen LogP contribution in [0, 0.1) is 0 Å². The van der Waals surface area contributed by atoms with E-state index in [4.69, 9.17) is 14.2 Å². The van der Waals surface area contributed by atoms with Gasteiger partial charge >= 0.3 is 5.97 Å². The summed E-state index contributed by atoms with van der Waals surface area (Å²) in [6.07, 6.45) is 2.05. The third kappa shape index (κ3) is 4.13. The molecule has 1 atom stereocenters. The highest BCUT2D eigenvalue weighted by Crippen LogP contribution is 2.44. The van der Waals surface area contributed by atoms with E-state index < -0.39 is 11.9 Å². The fraction of sp³-hybridized carbons (Fsp3) is 0.308. The van der Waals surface area contributed by atoms with Gasteiger partial charge in [-0.15, -0.1) is 0 Å². The largest absolute Gasteiger partial charge is 0.493 e. The summed E-state index contributed by atoms with van der Waals surface area (Å²) in [6.45, 7) is 2.25. The summed E-state index contributed by atoms with van der Waals surface area (Å²) in [6, 6.07) is 15.4. The summed E-state index contributed by atoms with van der Waals surface area (Å²) in [4.78, 5) is 25.6. The van der Waals surface area contributed by atoms with Crippen molar-refractivity contribution in [3.63, 3.8) is 0 Å². The van der Waals surface area contributed by atoms with Gasteiger partial charge in [-0.05, 0) is 43.0 Å². The lowest BCUT2D eigenvalue weighted by molar-refractivity contribution is -0.136. The quantitative estimate of drug-likeness (QED) is 0.680. The van der Waals surface area contributed by atoms with Crippen molar-refractivity contribution in [2.24, 2.45) is 0 Å². The van der Waals surface area contributed by atoms with E-state index in [1.54, 1.807) is 7.11 Å². The Morgan fingerprint density at radius 2 is 1.84 bits per heavy atom. The lowest BCUT2D eigenvalue weighted by Crippen LogP contribution is -2.34. The van der Waals surface area contributed by atoms with E-state index in [0.29, 0.717) is 41.4 Å². The number of methoxy groups -OCH3 is 2. The van der Waals surface area contributed by atoms with Crippen molar-refractivity contribution in [3.05, 3.63) is 82.2 Å². The summed E-state index contributed by atoms with van der Waals surface area (Å²) < 4.78 is 16.7. The minimum atomic E-state index is -0.511. The minimum absolute atomic E-state index is 0.0565. The maximum absolute atomic E-state index is 12.9. The van der Waals surface area contributed by atoms with Gasteiger partial charge < -0.3 is 19.5 Å². The summed E-state index contributed by atoms with van der Waals surface area (Å²) >= 11 is 0. The van der Waals surface area contributed by atoms with Crippen LogP contribution in [0.3, 0.4) is 0 Å². The molecule has 1 unspecified atom stereocenters. The van der Waals surface area contributed by atoms with E-state index in [1.165, 1.54) is 7.11 Å². The van der Waals surface area contributed by atoms with E-state index in [2.05, 4.69) is 5.32 Å². The highest BCUT2D eigenvalue weighted by Gasteiger charge is 2.39. The predicted octanol–water partition coefficient (Wildman–Crippen LogP) is 4.42.